The number of hydrogen-bond acceptors (Lipinski definition) is 7. The van der Waals surface area contributed by atoms with E-state index in [1.807, 2.05) is 37.3 Å². The molecule has 4 aromatic rings. The van der Waals surface area contributed by atoms with E-state index in [9.17, 15) is 23.6 Å². The van der Waals surface area contributed by atoms with Crippen LogP contribution in [0.15, 0.2) is 59.5 Å². The number of hydrogen-bond donors (Lipinski definition) is 2. The van der Waals surface area contributed by atoms with E-state index in [-0.39, 0.29) is 18.6 Å². The van der Waals surface area contributed by atoms with Gasteiger partial charge in [-0.15, -0.1) is 0 Å². The van der Waals surface area contributed by atoms with Gasteiger partial charge >= 0.3 is 0 Å². The third-order valence-corrected chi connectivity index (χ3v) is 7.94. The number of nitriles is 1. The maximum Gasteiger partial charge on any atom is 0.287 e. The van der Waals surface area contributed by atoms with Crippen molar-refractivity contribution in [3.63, 3.8) is 0 Å². The number of nitrogens with zero attached hydrogens (tertiary/aromatic N) is 4. The van der Waals surface area contributed by atoms with Crippen LogP contribution in [0, 0.1) is 11.3 Å². The Labute approximate surface area is 239 Å². The molecule has 2 aliphatic carbocycles. The summed E-state index contributed by atoms with van der Waals surface area (Å²) in [6, 6.07) is 14.8. The lowest BCUT2D eigenvalue weighted by Crippen LogP contribution is -2.62. The molecule has 0 saturated heterocycles. The van der Waals surface area contributed by atoms with E-state index in [0.29, 0.717) is 36.2 Å². The van der Waals surface area contributed by atoms with Crippen molar-refractivity contribution in [2.24, 2.45) is 0 Å². The van der Waals surface area contributed by atoms with Crippen LogP contribution in [0.25, 0.3) is 27.8 Å². The van der Waals surface area contributed by atoms with Crippen molar-refractivity contribution in [1.29, 1.82) is 5.26 Å². The summed E-state index contributed by atoms with van der Waals surface area (Å²) in [5.74, 6) is -3.67. The van der Waals surface area contributed by atoms with Crippen LogP contribution >= 0.6 is 0 Å². The number of aromatic nitrogens is 3. The molecule has 2 aliphatic rings. The van der Waals surface area contributed by atoms with Crippen molar-refractivity contribution < 1.29 is 27.5 Å². The van der Waals surface area contributed by atoms with Gasteiger partial charge in [-0.25, -0.2) is 18.4 Å². The fraction of sp³-hybridized carbons (Fsp3) is 0.367. The minimum atomic E-state index is -2.92. The summed E-state index contributed by atoms with van der Waals surface area (Å²) in [6.45, 7) is 2.34. The average Bonchev–Trinajstić information content (AvgIpc) is 3.34. The molecule has 0 spiro atoms. The van der Waals surface area contributed by atoms with Crippen LogP contribution in [0.1, 0.15) is 56.0 Å². The molecule has 2 N–H and O–H groups in total. The highest BCUT2D eigenvalue weighted by molar-refractivity contribution is 6.01. The number of amides is 2. The van der Waals surface area contributed by atoms with Gasteiger partial charge in [0, 0.05) is 18.2 Å². The standard InChI is InChI=1S/C30H28F2N6O4/c1-2-41-24-14-20(5-6-22(24)38-18-34-17-35-38)19-3-4-21-15-25(42-23(21)13-19)26(39)36-29(9-11-30(31,32)12-10-29)27(40)37-28(16-33)7-8-28/h3-6,13-15,17-18H,2,7-12H2,1H3,(H,36,39)(H,37,40). The first-order chi connectivity index (χ1) is 20.1. The zero-order valence-electron chi connectivity index (χ0n) is 22.8. The Balaban J connectivity index is 1.26. The Bertz CT molecular complexity index is 1690. The molecule has 12 heteroatoms. The Morgan fingerprint density at radius 3 is 2.45 bits per heavy atom. The summed E-state index contributed by atoms with van der Waals surface area (Å²) >= 11 is 0. The first-order valence-corrected chi connectivity index (χ1v) is 13.7. The SMILES string of the molecule is CCOc1cc(-c2ccc3cc(C(=O)NC4(C(=O)NC5(C#N)CC5)CCC(F)(F)CC4)oc3c2)ccc1-n1cncn1. The molecule has 2 aromatic heterocycles. The van der Waals surface area contributed by atoms with Gasteiger partial charge in [-0.3, -0.25) is 9.59 Å². The van der Waals surface area contributed by atoms with Crippen molar-refractivity contribution in [2.45, 2.75) is 62.4 Å². The number of ether oxygens (including phenoxy) is 1. The second-order valence-corrected chi connectivity index (χ2v) is 10.9. The number of rotatable bonds is 8. The van der Waals surface area contributed by atoms with Crippen molar-refractivity contribution in [1.82, 2.24) is 25.4 Å². The van der Waals surface area contributed by atoms with E-state index in [2.05, 4.69) is 26.8 Å². The third-order valence-electron chi connectivity index (χ3n) is 7.94. The van der Waals surface area contributed by atoms with Gasteiger partial charge in [0.05, 0.1) is 12.7 Å². The highest BCUT2D eigenvalue weighted by atomic mass is 19.3. The van der Waals surface area contributed by atoms with Gasteiger partial charge in [0.15, 0.2) is 5.76 Å². The number of halogens is 2. The van der Waals surface area contributed by atoms with E-state index >= 15 is 0 Å². The fourth-order valence-corrected chi connectivity index (χ4v) is 5.27. The van der Waals surface area contributed by atoms with Crippen LogP contribution in [0.2, 0.25) is 0 Å². The molecule has 6 rings (SSSR count). The summed E-state index contributed by atoms with van der Waals surface area (Å²) in [4.78, 5) is 30.6. The largest absolute Gasteiger partial charge is 0.492 e. The van der Waals surface area contributed by atoms with E-state index in [0.717, 1.165) is 16.8 Å². The zero-order valence-corrected chi connectivity index (χ0v) is 22.8. The highest BCUT2D eigenvalue weighted by Crippen LogP contribution is 2.41. The fourth-order valence-electron chi connectivity index (χ4n) is 5.27. The van der Waals surface area contributed by atoms with E-state index < -0.39 is 41.7 Å². The van der Waals surface area contributed by atoms with Crippen molar-refractivity contribution in [2.75, 3.05) is 6.61 Å². The van der Waals surface area contributed by atoms with Gasteiger partial charge in [-0.05, 0) is 68.0 Å². The number of benzene rings is 2. The molecular weight excluding hydrogens is 546 g/mol. The highest BCUT2D eigenvalue weighted by Gasteiger charge is 2.53. The maximum atomic E-state index is 14.0. The molecule has 0 radical (unpaired) electrons. The van der Waals surface area contributed by atoms with Crippen LogP contribution in [0.4, 0.5) is 8.78 Å². The molecule has 2 heterocycles. The summed E-state index contributed by atoms with van der Waals surface area (Å²) < 4.78 is 41.4. The minimum absolute atomic E-state index is 0.0513. The molecule has 0 unspecified atom stereocenters. The Morgan fingerprint density at radius 1 is 1.05 bits per heavy atom. The second kappa shape index (κ2) is 10.2. The van der Waals surface area contributed by atoms with Crippen LogP contribution < -0.4 is 15.4 Å². The van der Waals surface area contributed by atoms with E-state index in [1.165, 1.54) is 6.33 Å². The van der Waals surface area contributed by atoms with Crippen molar-refractivity contribution in [3.8, 4) is 28.6 Å². The number of furan rings is 1. The number of carbonyl (C=O) groups excluding carboxylic acids is 2. The zero-order chi connectivity index (χ0) is 29.5. The molecule has 10 nitrogen and oxygen atoms in total. The molecular formula is C30H28F2N6O4. The monoisotopic (exact) mass is 574 g/mol. The normalized spacial score (nSPS) is 18.1. The molecule has 2 saturated carbocycles. The van der Waals surface area contributed by atoms with Gasteiger partial charge in [-0.2, -0.15) is 10.4 Å². The van der Waals surface area contributed by atoms with Gasteiger partial charge < -0.3 is 19.8 Å². The molecule has 42 heavy (non-hydrogen) atoms. The third kappa shape index (κ3) is 5.18. The quantitative estimate of drug-likeness (QED) is 0.305. The lowest BCUT2D eigenvalue weighted by Gasteiger charge is -2.39. The molecule has 2 aromatic carbocycles. The molecule has 0 aliphatic heterocycles. The smallest absolute Gasteiger partial charge is 0.287 e. The van der Waals surface area contributed by atoms with Crippen LogP contribution in [-0.4, -0.2) is 50.2 Å². The first kappa shape index (κ1) is 27.4. The Kier molecular flexibility index (Phi) is 6.68. The summed E-state index contributed by atoms with van der Waals surface area (Å²) in [7, 11) is 0. The number of carbonyl (C=O) groups is 2. The molecule has 0 atom stereocenters. The van der Waals surface area contributed by atoms with Gasteiger partial charge in [0.2, 0.25) is 11.8 Å². The van der Waals surface area contributed by atoms with Crippen LogP contribution in [0.3, 0.4) is 0 Å². The van der Waals surface area contributed by atoms with E-state index in [1.54, 1.807) is 23.1 Å². The maximum absolute atomic E-state index is 14.0. The molecule has 0 bridgehead atoms. The average molecular weight is 575 g/mol. The molecule has 2 amide bonds. The summed E-state index contributed by atoms with van der Waals surface area (Å²) in [5, 5.41) is 19.6. The van der Waals surface area contributed by atoms with Gasteiger partial charge in [0.1, 0.15) is 40.8 Å². The molecule has 2 fully saturated rings. The number of fused-ring (bicyclic) bond motifs is 1. The predicted octanol–water partition coefficient (Wildman–Crippen LogP) is 4.93. The van der Waals surface area contributed by atoms with Crippen LogP contribution in [0.5, 0.6) is 5.75 Å². The first-order valence-electron chi connectivity index (χ1n) is 13.7. The molecule has 216 valence electrons. The summed E-state index contributed by atoms with van der Waals surface area (Å²) in [6.07, 6.45) is 2.38. The van der Waals surface area contributed by atoms with Gasteiger partial charge in [-0.1, -0.05) is 18.2 Å². The minimum Gasteiger partial charge on any atom is -0.492 e. The Morgan fingerprint density at radius 2 is 1.79 bits per heavy atom. The number of alkyl halides is 2. The predicted molar refractivity (Wildman–Crippen MR) is 147 cm³/mol. The lowest BCUT2D eigenvalue weighted by atomic mass is 9.78. The van der Waals surface area contributed by atoms with E-state index in [4.69, 9.17) is 9.15 Å². The van der Waals surface area contributed by atoms with Gasteiger partial charge in [0.25, 0.3) is 5.91 Å². The summed E-state index contributed by atoms with van der Waals surface area (Å²) in [5.41, 5.74) is 0.253. The second-order valence-electron chi connectivity index (χ2n) is 10.9. The lowest BCUT2D eigenvalue weighted by molar-refractivity contribution is -0.133. The van der Waals surface area contributed by atoms with Crippen molar-refractivity contribution in [3.05, 3.63) is 60.9 Å². The Hall–Kier alpha value is -4.79. The topological polar surface area (TPSA) is 135 Å². The van der Waals surface area contributed by atoms with Crippen LogP contribution in [-0.2, 0) is 4.79 Å². The van der Waals surface area contributed by atoms with Crippen molar-refractivity contribution >= 4 is 22.8 Å². The number of nitrogens with one attached hydrogen (secondary N) is 2.